The molecule has 0 unspecified atom stereocenters. The third-order valence-corrected chi connectivity index (χ3v) is 1.57. The van der Waals surface area contributed by atoms with Gasteiger partial charge < -0.3 is 11.1 Å². The number of nitrogens with two attached hydrogens (primary N) is 1. The van der Waals surface area contributed by atoms with Gasteiger partial charge in [-0.25, -0.2) is 4.98 Å². The van der Waals surface area contributed by atoms with Crippen LogP contribution in [0.4, 0.5) is 11.5 Å². The summed E-state index contributed by atoms with van der Waals surface area (Å²) in [5, 5.41) is 2.95. The van der Waals surface area contributed by atoms with Gasteiger partial charge >= 0.3 is 0 Å². The van der Waals surface area contributed by atoms with Crippen LogP contribution in [0.15, 0.2) is 30.1 Å². The molecule has 14 heavy (non-hydrogen) atoms. The second-order valence-electron chi connectivity index (χ2n) is 3.00. The Hall–Kier alpha value is -1.84. The number of nitrogen functional groups attached to an aromatic ring is 1. The molecule has 1 rings (SSSR count). The van der Waals surface area contributed by atoms with Crippen LogP contribution < -0.4 is 11.1 Å². The molecule has 74 valence electrons. The summed E-state index contributed by atoms with van der Waals surface area (Å²) >= 11 is 0. The molecule has 1 heterocycles. The molecule has 1 aromatic rings. The number of aromatic nitrogens is 1. The third-order valence-electron chi connectivity index (χ3n) is 1.57. The molecule has 0 aliphatic rings. The van der Waals surface area contributed by atoms with E-state index in [0.717, 1.165) is 5.70 Å². The molecular weight excluding hydrogens is 178 g/mol. The van der Waals surface area contributed by atoms with Gasteiger partial charge in [0, 0.05) is 11.9 Å². The van der Waals surface area contributed by atoms with E-state index in [-0.39, 0.29) is 5.78 Å². The molecule has 0 radical (unpaired) electrons. The van der Waals surface area contributed by atoms with Gasteiger partial charge in [-0.3, -0.25) is 4.79 Å². The third kappa shape index (κ3) is 2.90. The van der Waals surface area contributed by atoms with Crippen molar-refractivity contribution in [1.29, 1.82) is 0 Å². The molecule has 0 aromatic carbocycles. The summed E-state index contributed by atoms with van der Waals surface area (Å²) < 4.78 is 0. The highest BCUT2D eigenvalue weighted by Crippen LogP contribution is 2.14. The monoisotopic (exact) mass is 191 g/mol. The average molecular weight is 191 g/mol. The number of rotatable bonds is 3. The number of hydrogen-bond acceptors (Lipinski definition) is 4. The Morgan fingerprint density at radius 1 is 1.57 bits per heavy atom. The molecule has 3 N–H and O–H groups in total. The van der Waals surface area contributed by atoms with Gasteiger partial charge in [-0.15, -0.1) is 0 Å². The first-order chi connectivity index (χ1) is 6.59. The van der Waals surface area contributed by atoms with E-state index in [1.54, 1.807) is 25.3 Å². The average Bonchev–Trinajstić information content (AvgIpc) is 2.07. The van der Waals surface area contributed by atoms with E-state index in [4.69, 9.17) is 5.73 Å². The van der Waals surface area contributed by atoms with Crippen molar-refractivity contribution < 1.29 is 4.79 Å². The van der Waals surface area contributed by atoms with E-state index in [2.05, 4.69) is 10.3 Å². The van der Waals surface area contributed by atoms with Crippen LogP contribution in [0.5, 0.6) is 0 Å². The number of anilines is 2. The zero-order valence-corrected chi connectivity index (χ0v) is 8.24. The van der Waals surface area contributed by atoms with Crippen molar-refractivity contribution >= 4 is 17.3 Å². The van der Waals surface area contributed by atoms with Crippen molar-refractivity contribution in [1.82, 2.24) is 4.98 Å². The summed E-state index contributed by atoms with van der Waals surface area (Å²) in [6.07, 6.45) is 3.13. The summed E-state index contributed by atoms with van der Waals surface area (Å²) in [6.45, 7) is 3.28. The fourth-order valence-electron chi connectivity index (χ4n) is 1.05. The molecule has 0 aliphatic carbocycles. The largest absolute Gasteiger partial charge is 0.396 e. The number of hydrogen-bond donors (Lipinski definition) is 2. The Kier molecular flexibility index (Phi) is 3.23. The molecule has 0 spiro atoms. The maximum absolute atomic E-state index is 10.8. The lowest BCUT2D eigenvalue weighted by Gasteiger charge is -2.06. The van der Waals surface area contributed by atoms with Crippen LogP contribution in [0.3, 0.4) is 0 Å². The second kappa shape index (κ2) is 4.41. The number of carbonyl (C=O) groups excluding carboxylic acids is 1. The number of nitrogens with one attached hydrogen (secondary N) is 1. The van der Waals surface area contributed by atoms with Crippen molar-refractivity contribution in [3.8, 4) is 0 Å². The van der Waals surface area contributed by atoms with Gasteiger partial charge in [0.1, 0.15) is 0 Å². The fourth-order valence-corrected chi connectivity index (χ4v) is 1.05. The zero-order chi connectivity index (χ0) is 10.6. The van der Waals surface area contributed by atoms with Crippen LogP contribution in [0, 0.1) is 0 Å². The highest BCUT2D eigenvalue weighted by atomic mass is 16.1. The minimum absolute atomic E-state index is 0.00972. The molecule has 4 heteroatoms. The number of pyridine rings is 1. The van der Waals surface area contributed by atoms with Gasteiger partial charge in [-0.05, 0) is 32.1 Å². The first-order valence-corrected chi connectivity index (χ1v) is 4.26. The summed E-state index contributed by atoms with van der Waals surface area (Å²) in [5.41, 5.74) is 6.95. The van der Waals surface area contributed by atoms with Gasteiger partial charge in [0.25, 0.3) is 0 Å². The van der Waals surface area contributed by atoms with Gasteiger partial charge in [0.15, 0.2) is 11.6 Å². The molecule has 0 saturated heterocycles. The van der Waals surface area contributed by atoms with Gasteiger partial charge in [0.2, 0.25) is 0 Å². The van der Waals surface area contributed by atoms with Gasteiger partial charge in [-0.2, -0.15) is 0 Å². The van der Waals surface area contributed by atoms with Crippen LogP contribution >= 0.6 is 0 Å². The van der Waals surface area contributed by atoms with Crippen molar-refractivity contribution in [2.45, 2.75) is 13.8 Å². The number of carbonyl (C=O) groups is 1. The molecule has 0 amide bonds. The minimum atomic E-state index is -0.00972. The van der Waals surface area contributed by atoms with Crippen molar-refractivity contribution in [2.24, 2.45) is 0 Å². The molecule has 1 aromatic heterocycles. The van der Waals surface area contributed by atoms with Crippen molar-refractivity contribution in [3.63, 3.8) is 0 Å². The zero-order valence-electron chi connectivity index (χ0n) is 8.24. The van der Waals surface area contributed by atoms with Crippen LogP contribution in [0.2, 0.25) is 0 Å². The number of allylic oxidation sites excluding steroid dienone is 2. The predicted molar refractivity (Wildman–Crippen MR) is 56.7 cm³/mol. The van der Waals surface area contributed by atoms with Crippen molar-refractivity contribution in [3.05, 3.63) is 30.1 Å². The maximum atomic E-state index is 10.8. The SMILES string of the molecule is CC(=O)C=C(C)Nc1ncccc1N. The van der Waals surface area contributed by atoms with E-state index in [9.17, 15) is 4.79 Å². The summed E-state index contributed by atoms with van der Waals surface area (Å²) in [7, 11) is 0. The quantitative estimate of drug-likeness (QED) is 0.711. The maximum Gasteiger partial charge on any atom is 0.154 e. The van der Waals surface area contributed by atoms with E-state index < -0.39 is 0 Å². The summed E-state index contributed by atoms with van der Waals surface area (Å²) in [5.74, 6) is 0.562. The van der Waals surface area contributed by atoms with Crippen molar-refractivity contribution in [2.75, 3.05) is 11.1 Å². The Morgan fingerprint density at radius 2 is 2.29 bits per heavy atom. The molecule has 0 fully saturated rings. The number of ketones is 1. The smallest absolute Gasteiger partial charge is 0.154 e. The summed E-state index contributed by atoms with van der Waals surface area (Å²) in [6, 6.07) is 3.50. The second-order valence-corrected chi connectivity index (χ2v) is 3.00. The standard InChI is InChI=1S/C10H13N3O/c1-7(6-8(2)14)13-10-9(11)4-3-5-12-10/h3-6H,11H2,1-2H3,(H,12,13). The molecule has 0 atom stereocenters. The first kappa shape index (κ1) is 10.2. The van der Waals surface area contributed by atoms with Crippen LogP contribution in [-0.2, 0) is 4.79 Å². The van der Waals surface area contributed by atoms with E-state index >= 15 is 0 Å². The Morgan fingerprint density at radius 3 is 2.86 bits per heavy atom. The van der Waals surface area contributed by atoms with Crippen LogP contribution in [0.1, 0.15) is 13.8 Å². The van der Waals surface area contributed by atoms with E-state index in [0.29, 0.717) is 11.5 Å². The Labute approximate surface area is 82.8 Å². The summed E-state index contributed by atoms with van der Waals surface area (Å²) in [4.78, 5) is 14.8. The fraction of sp³-hybridized carbons (Fsp3) is 0.200. The van der Waals surface area contributed by atoms with E-state index in [1.165, 1.54) is 13.0 Å². The van der Waals surface area contributed by atoms with Crippen LogP contribution in [0.25, 0.3) is 0 Å². The highest BCUT2D eigenvalue weighted by molar-refractivity contribution is 5.88. The molecular formula is C10H13N3O. The Bertz CT molecular complexity index is 371. The molecule has 4 nitrogen and oxygen atoms in total. The first-order valence-electron chi connectivity index (χ1n) is 4.26. The van der Waals surface area contributed by atoms with E-state index in [1.807, 2.05) is 0 Å². The topological polar surface area (TPSA) is 68.0 Å². The molecule has 0 aliphatic heterocycles. The lowest BCUT2D eigenvalue weighted by molar-refractivity contribution is -0.112. The molecule has 0 bridgehead atoms. The lowest BCUT2D eigenvalue weighted by Crippen LogP contribution is -2.03. The molecule has 0 saturated carbocycles. The minimum Gasteiger partial charge on any atom is -0.396 e. The highest BCUT2D eigenvalue weighted by Gasteiger charge is 1.99. The predicted octanol–water partition coefficient (Wildman–Crippen LogP) is 1.57. The normalized spacial score (nSPS) is 11.1. The Balaban J connectivity index is 2.79. The van der Waals surface area contributed by atoms with Gasteiger partial charge in [-0.1, -0.05) is 0 Å². The lowest BCUT2D eigenvalue weighted by atomic mass is 10.3. The van der Waals surface area contributed by atoms with Crippen LogP contribution in [-0.4, -0.2) is 10.8 Å². The number of nitrogens with zero attached hydrogens (tertiary/aromatic N) is 1. The van der Waals surface area contributed by atoms with Gasteiger partial charge in [0.05, 0.1) is 5.69 Å².